The van der Waals surface area contributed by atoms with Crippen LogP contribution in [0.25, 0.3) is 0 Å². The molecule has 2 N–H and O–H groups in total. The van der Waals surface area contributed by atoms with E-state index in [4.69, 9.17) is 4.74 Å². The highest BCUT2D eigenvalue weighted by atomic mass is 19.4. The van der Waals surface area contributed by atoms with Gasteiger partial charge in [0.15, 0.2) is 0 Å². The van der Waals surface area contributed by atoms with Crippen LogP contribution in [0.4, 0.5) is 13.2 Å². The molecule has 2 saturated carbocycles. The normalized spacial score (nSPS) is 30.0. The molecule has 0 aliphatic heterocycles. The second kappa shape index (κ2) is 7.29. The average molecular weight is 309 g/mol. The molecule has 0 heterocycles. The van der Waals surface area contributed by atoms with Crippen LogP contribution >= 0.6 is 0 Å². The van der Waals surface area contributed by atoms with Crippen molar-refractivity contribution in [3.63, 3.8) is 0 Å². The Morgan fingerprint density at radius 1 is 1.19 bits per heavy atom. The van der Waals surface area contributed by atoms with Gasteiger partial charge in [0.05, 0.1) is 6.61 Å². The van der Waals surface area contributed by atoms with E-state index in [0.29, 0.717) is 18.6 Å². The van der Waals surface area contributed by atoms with Crippen LogP contribution in [-0.4, -0.2) is 42.7 Å². The molecule has 0 bridgehead atoms. The fourth-order valence-corrected chi connectivity index (χ4v) is 3.35. The molecule has 0 amide bonds. The maximum Gasteiger partial charge on any atom is 0.389 e. The van der Waals surface area contributed by atoms with Crippen LogP contribution in [-0.2, 0) is 4.74 Å². The zero-order valence-electron chi connectivity index (χ0n) is 12.4. The third-order valence-corrected chi connectivity index (χ3v) is 4.67. The quantitative estimate of drug-likeness (QED) is 0.643. The highest BCUT2D eigenvalue weighted by Gasteiger charge is 2.44. The van der Waals surface area contributed by atoms with Crippen molar-refractivity contribution < 1.29 is 23.0 Å². The molecule has 0 aromatic carbocycles. The fraction of sp³-hybridized carbons (Fsp3) is 1.00. The first-order valence-corrected chi connectivity index (χ1v) is 7.98. The van der Waals surface area contributed by atoms with Gasteiger partial charge in [-0.1, -0.05) is 6.42 Å². The van der Waals surface area contributed by atoms with Crippen molar-refractivity contribution in [2.45, 2.75) is 69.1 Å². The minimum Gasteiger partial charge on any atom is -0.394 e. The first kappa shape index (κ1) is 17.0. The van der Waals surface area contributed by atoms with Crippen LogP contribution in [0.1, 0.15) is 51.4 Å². The Morgan fingerprint density at radius 3 is 2.57 bits per heavy atom. The van der Waals surface area contributed by atoms with Gasteiger partial charge in [0.25, 0.3) is 0 Å². The molecule has 0 spiro atoms. The molecular formula is C15H26F3NO2. The summed E-state index contributed by atoms with van der Waals surface area (Å²) in [6.45, 7) is 0.785. The van der Waals surface area contributed by atoms with Gasteiger partial charge in [0.2, 0.25) is 0 Å². The first-order chi connectivity index (χ1) is 9.95. The number of halogens is 3. The van der Waals surface area contributed by atoms with Crippen molar-refractivity contribution in [2.75, 3.05) is 19.8 Å². The topological polar surface area (TPSA) is 41.5 Å². The van der Waals surface area contributed by atoms with E-state index in [2.05, 4.69) is 5.32 Å². The van der Waals surface area contributed by atoms with E-state index >= 15 is 0 Å². The van der Waals surface area contributed by atoms with Gasteiger partial charge in [-0.25, -0.2) is 0 Å². The van der Waals surface area contributed by atoms with Crippen LogP contribution in [0, 0.1) is 5.92 Å². The number of hydrogen-bond acceptors (Lipinski definition) is 3. The molecule has 21 heavy (non-hydrogen) atoms. The number of ether oxygens (including phenoxy) is 1. The number of alkyl halides is 3. The van der Waals surface area contributed by atoms with Crippen LogP contribution in [0.5, 0.6) is 0 Å². The summed E-state index contributed by atoms with van der Waals surface area (Å²) >= 11 is 0. The van der Waals surface area contributed by atoms with Crippen LogP contribution in [0.2, 0.25) is 0 Å². The third-order valence-electron chi connectivity index (χ3n) is 4.67. The van der Waals surface area contributed by atoms with Gasteiger partial charge in [-0.3, -0.25) is 0 Å². The molecule has 2 fully saturated rings. The smallest absolute Gasteiger partial charge is 0.389 e. The maximum atomic E-state index is 12.0. The molecule has 2 aliphatic carbocycles. The monoisotopic (exact) mass is 309 g/mol. The summed E-state index contributed by atoms with van der Waals surface area (Å²) in [6, 6.07) is 0.547. The molecular weight excluding hydrogens is 283 g/mol. The summed E-state index contributed by atoms with van der Waals surface area (Å²) in [5, 5.41) is 13.3. The van der Waals surface area contributed by atoms with Gasteiger partial charge < -0.3 is 15.2 Å². The van der Waals surface area contributed by atoms with E-state index in [1.54, 1.807) is 0 Å². The predicted octanol–water partition coefficient (Wildman–Crippen LogP) is 3.02. The lowest BCUT2D eigenvalue weighted by atomic mass is 9.85. The van der Waals surface area contributed by atoms with Gasteiger partial charge in [0, 0.05) is 31.2 Å². The van der Waals surface area contributed by atoms with Crippen molar-refractivity contribution in [3.8, 4) is 0 Å². The Balaban J connectivity index is 1.64. The van der Waals surface area contributed by atoms with Crippen LogP contribution in [0.3, 0.4) is 0 Å². The molecule has 6 heteroatoms. The predicted molar refractivity (Wildman–Crippen MR) is 74.0 cm³/mol. The molecule has 2 rings (SSSR count). The molecule has 2 unspecified atom stereocenters. The Bertz CT molecular complexity index is 321. The summed E-state index contributed by atoms with van der Waals surface area (Å²) in [5.41, 5.74) is -0.184. The van der Waals surface area contributed by atoms with Gasteiger partial charge in [-0.2, -0.15) is 13.2 Å². The van der Waals surface area contributed by atoms with Crippen molar-refractivity contribution in [3.05, 3.63) is 0 Å². The molecule has 3 nitrogen and oxygen atoms in total. The van der Waals surface area contributed by atoms with E-state index in [-0.39, 0.29) is 25.2 Å². The molecule has 2 aliphatic rings. The van der Waals surface area contributed by atoms with E-state index in [9.17, 15) is 18.3 Å². The highest BCUT2D eigenvalue weighted by Crippen LogP contribution is 2.40. The second-order valence-corrected chi connectivity index (χ2v) is 6.44. The number of aliphatic hydroxyl groups excluding tert-OH is 1. The molecule has 0 aromatic heterocycles. The molecule has 0 aromatic rings. The first-order valence-electron chi connectivity index (χ1n) is 7.98. The summed E-state index contributed by atoms with van der Waals surface area (Å²) in [4.78, 5) is 0. The van der Waals surface area contributed by atoms with Gasteiger partial charge in [-0.05, 0) is 44.4 Å². The summed E-state index contributed by atoms with van der Waals surface area (Å²) in [6.07, 6.45) is 1.48. The Labute approximate surface area is 124 Å². The average Bonchev–Trinajstić information content (AvgIpc) is 3.13. The second-order valence-electron chi connectivity index (χ2n) is 6.44. The van der Waals surface area contributed by atoms with Gasteiger partial charge in [0.1, 0.15) is 0 Å². The lowest BCUT2D eigenvalue weighted by Crippen LogP contribution is -2.52. The minimum atomic E-state index is -4.09. The van der Waals surface area contributed by atoms with Crippen molar-refractivity contribution in [1.29, 1.82) is 0 Å². The number of rotatable bonds is 9. The van der Waals surface area contributed by atoms with Crippen LogP contribution < -0.4 is 5.32 Å². The summed E-state index contributed by atoms with van der Waals surface area (Å²) < 4.78 is 41.3. The van der Waals surface area contributed by atoms with E-state index in [1.165, 1.54) is 12.8 Å². The standard InChI is InChI=1S/C15H26F3NO2/c16-15(17,18)8-2-9-21-10-6-12-3-1-7-14(12,11-20)19-13-4-5-13/h12-13,19-20H,1-11H2. The van der Waals surface area contributed by atoms with E-state index < -0.39 is 12.6 Å². The van der Waals surface area contributed by atoms with E-state index in [0.717, 1.165) is 25.7 Å². The summed E-state index contributed by atoms with van der Waals surface area (Å²) in [5.74, 6) is 0.366. The zero-order chi connectivity index (χ0) is 15.3. The Morgan fingerprint density at radius 2 is 1.95 bits per heavy atom. The van der Waals surface area contributed by atoms with Gasteiger partial charge >= 0.3 is 6.18 Å². The Hall–Kier alpha value is -0.330. The highest BCUT2D eigenvalue weighted by molar-refractivity contribution is 5.02. The van der Waals surface area contributed by atoms with Crippen molar-refractivity contribution >= 4 is 0 Å². The number of aliphatic hydroxyl groups is 1. The van der Waals surface area contributed by atoms with E-state index in [1.807, 2.05) is 0 Å². The third kappa shape index (κ3) is 5.42. The minimum absolute atomic E-state index is 0.0274. The summed E-state index contributed by atoms with van der Waals surface area (Å²) in [7, 11) is 0. The fourth-order valence-electron chi connectivity index (χ4n) is 3.35. The lowest BCUT2D eigenvalue weighted by molar-refractivity contribution is -0.138. The largest absolute Gasteiger partial charge is 0.394 e. The number of hydrogen-bond donors (Lipinski definition) is 2. The zero-order valence-corrected chi connectivity index (χ0v) is 12.4. The molecule has 2 atom stereocenters. The molecule has 0 radical (unpaired) electrons. The Kier molecular flexibility index (Phi) is 5.91. The maximum absolute atomic E-state index is 12.0. The van der Waals surface area contributed by atoms with Crippen molar-refractivity contribution in [1.82, 2.24) is 5.32 Å². The molecule has 124 valence electrons. The van der Waals surface area contributed by atoms with Crippen LogP contribution in [0.15, 0.2) is 0 Å². The molecule has 0 saturated heterocycles. The van der Waals surface area contributed by atoms with Gasteiger partial charge in [-0.15, -0.1) is 0 Å². The number of nitrogens with one attached hydrogen (secondary N) is 1. The van der Waals surface area contributed by atoms with Crippen molar-refractivity contribution in [2.24, 2.45) is 5.92 Å². The SMILES string of the molecule is OCC1(NC2CC2)CCCC1CCOCCCC(F)(F)F. The lowest BCUT2D eigenvalue weighted by Gasteiger charge is -2.35.